The van der Waals surface area contributed by atoms with E-state index in [1.54, 1.807) is 5.59 Å². The highest BCUT2D eigenvalue weighted by Crippen LogP contribution is 2.33. The third-order valence-electron chi connectivity index (χ3n) is 1.88. The molecule has 0 heterocycles. The Morgan fingerprint density at radius 1 is 1.40 bits per heavy atom. The molecule has 0 aromatic heterocycles. The normalized spacial score (nSPS) is 11.1. The summed E-state index contributed by atoms with van der Waals surface area (Å²) in [4.78, 5) is 15.1. The first-order valence-corrected chi connectivity index (χ1v) is 5.94. The minimum absolute atomic E-state index is 0.0214. The highest BCUT2D eigenvalue weighted by Gasteiger charge is 2.31. The maximum Gasteiger partial charge on any atom is 0.573 e. The first kappa shape index (κ1) is 16.5. The van der Waals surface area contributed by atoms with Crippen LogP contribution in [0.3, 0.4) is 0 Å². The van der Waals surface area contributed by atoms with E-state index in [-0.39, 0.29) is 23.2 Å². The van der Waals surface area contributed by atoms with E-state index < -0.39 is 18.1 Å². The number of benzene rings is 1. The quantitative estimate of drug-likeness (QED) is 0.598. The van der Waals surface area contributed by atoms with Crippen LogP contribution in [0, 0.1) is 0 Å². The van der Waals surface area contributed by atoms with Crippen LogP contribution < -0.4 is 20.9 Å². The maximum atomic E-state index is 12.0. The zero-order valence-electron chi connectivity index (χ0n) is 9.87. The highest BCUT2D eigenvalue weighted by molar-refractivity contribution is 9.10. The van der Waals surface area contributed by atoms with Gasteiger partial charge in [-0.25, -0.2) is 5.84 Å². The minimum atomic E-state index is -4.77. The van der Waals surface area contributed by atoms with Gasteiger partial charge in [-0.1, -0.05) is 5.59 Å². The van der Waals surface area contributed by atoms with Crippen molar-refractivity contribution in [2.45, 2.75) is 12.8 Å². The molecule has 112 valence electrons. The number of hydrazine groups is 1. The summed E-state index contributed by atoms with van der Waals surface area (Å²) in [6.07, 6.45) is -4.85. The number of hydrogen-bond acceptors (Lipinski definition) is 6. The average Bonchev–Trinajstić information content (AvgIpc) is 2.31. The molecule has 3 N–H and O–H groups in total. The van der Waals surface area contributed by atoms with Gasteiger partial charge in [0, 0.05) is 0 Å². The Morgan fingerprint density at radius 3 is 2.65 bits per heavy atom. The van der Waals surface area contributed by atoms with E-state index >= 15 is 0 Å². The number of carbonyl (C=O) groups excluding carboxylic acids is 1. The Balaban J connectivity index is 2.53. The molecular formula is C10H10BrF3N2O4. The molecule has 0 amide bonds. The Labute approximate surface area is 120 Å². The summed E-state index contributed by atoms with van der Waals surface area (Å²) in [7, 11) is 0. The van der Waals surface area contributed by atoms with Crippen LogP contribution >= 0.6 is 15.9 Å². The van der Waals surface area contributed by atoms with Crippen molar-refractivity contribution in [1.82, 2.24) is 5.59 Å². The highest BCUT2D eigenvalue weighted by atomic mass is 79.9. The second kappa shape index (κ2) is 7.31. The van der Waals surface area contributed by atoms with Crippen molar-refractivity contribution < 1.29 is 32.3 Å². The lowest BCUT2D eigenvalue weighted by molar-refractivity contribution is -0.274. The zero-order valence-corrected chi connectivity index (χ0v) is 11.5. The molecule has 0 saturated heterocycles. The second-order valence-corrected chi connectivity index (χ2v) is 4.18. The van der Waals surface area contributed by atoms with Gasteiger partial charge in [0.05, 0.1) is 17.5 Å². The molecule has 20 heavy (non-hydrogen) atoms. The fourth-order valence-corrected chi connectivity index (χ4v) is 1.59. The van der Waals surface area contributed by atoms with E-state index in [0.717, 1.165) is 6.07 Å². The molecule has 10 heteroatoms. The van der Waals surface area contributed by atoms with Crippen molar-refractivity contribution in [3.63, 3.8) is 0 Å². The molecule has 0 bridgehead atoms. The predicted molar refractivity (Wildman–Crippen MR) is 64.4 cm³/mol. The fourth-order valence-electron chi connectivity index (χ4n) is 1.15. The molecule has 0 radical (unpaired) electrons. The maximum absolute atomic E-state index is 12.0. The number of alkyl halides is 3. The molecule has 1 rings (SSSR count). The molecule has 0 spiro atoms. The third kappa shape index (κ3) is 6.08. The van der Waals surface area contributed by atoms with Crippen molar-refractivity contribution in [3.05, 3.63) is 22.7 Å². The molecule has 0 aliphatic heterocycles. The van der Waals surface area contributed by atoms with Crippen LogP contribution in [0.2, 0.25) is 0 Å². The number of carbonyl (C=O) groups is 1. The third-order valence-corrected chi connectivity index (χ3v) is 2.50. The van der Waals surface area contributed by atoms with Gasteiger partial charge in [0.1, 0.15) is 11.5 Å². The smallest absolute Gasteiger partial charge is 0.493 e. The Morgan fingerprint density at radius 2 is 2.10 bits per heavy atom. The Bertz CT molecular complexity index is 470. The minimum Gasteiger partial charge on any atom is -0.493 e. The van der Waals surface area contributed by atoms with Gasteiger partial charge in [-0.3, -0.25) is 4.79 Å². The number of hydrogen-bond donors (Lipinski definition) is 2. The Hall–Kier alpha value is -1.52. The largest absolute Gasteiger partial charge is 0.573 e. The van der Waals surface area contributed by atoms with Gasteiger partial charge in [-0.2, -0.15) is 0 Å². The van der Waals surface area contributed by atoms with E-state index in [2.05, 4.69) is 25.5 Å². The van der Waals surface area contributed by atoms with Gasteiger partial charge in [0.2, 0.25) is 0 Å². The molecular weight excluding hydrogens is 349 g/mol. The van der Waals surface area contributed by atoms with Crippen molar-refractivity contribution in [3.8, 4) is 11.5 Å². The van der Waals surface area contributed by atoms with Crippen LogP contribution in [0.15, 0.2) is 22.7 Å². The number of rotatable bonds is 6. The van der Waals surface area contributed by atoms with E-state index in [1.165, 1.54) is 12.1 Å². The van der Waals surface area contributed by atoms with E-state index in [9.17, 15) is 18.0 Å². The van der Waals surface area contributed by atoms with Gasteiger partial charge in [0.25, 0.3) is 0 Å². The lowest BCUT2D eigenvalue weighted by Gasteiger charge is -2.12. The summed E-state index contributed by atoms with van der Waals surface area (Å²) in [5.41, 5.74) is 1.72. The zero-order chi connectivity index (χ0) is 15.2. The molecule has 0 aliphatic rings. The van der Waals surface area contributed by atoms with Crippen molar-refractivity contribution in [2.24, 2.45) is 5.84 Å². The van der Waals surface area contributed by atoms with E-state index in [4.69, 9.17) is 10.6 Å². The lowest BCUT2D eigenvalue weighted by Crippen LogP contribution is -2.26. The summed E-state index contributed by atoms with van der Waals surface area (Å²) in [6.45, 7) is -0.0214. The molecule has 0 fully saturated rings. The number of ether oxygens (including phenoxy) is 2. The summed E-state index contributed by atoms with van der Waals surface area (Å²) >= 11 is 2.92. The number of nitrogens with one attached hydrogen (secondary N) is 1. The van der Waals surface area contributed by atoms with Gasteiger partial charge in [-0.05, 0) is 34.1 Å². The second-order valence-electron chi connectivity index (χ2n) is 3.33. The molecule has 0 saturated carbocycles. The SMILES string of the molecule is NNOC(=O)CCOc1ccc(OC(F)(F)F)c(Br)c1. The van der Waals surface area contributed by atoms with Crippen LogP contribution in [0.4, 0.5) is 13.2 Å². The summed E-state index contributed by atoms with van der Waals surface area (Å²) in [5.74, 6) is 3.99. The number of halogens is 4. The summed E-state index contributed by atoms with van der Waals surface area (Å²) < 4.78 is 45.1. The van der Waals surface area contributed by atoms with Crippen molar-refractivity contribution in [1.29, 1.82) is 0 Å². The molecule has 1 aromatic rings. The summed E-state index contributed by atoms with van der Waals surface area (Å²) in [5, 5.41) is 0. The van der Waals surface area contributed by atoms with Crippen LogP contribution in [-0.4, -0.2) is 18.9 Å². The topological polar surface area (TPSA) is 82.8 Å². The Kier molecular flexibility index (Phi) is 6.05. The van der Waals surface area contributed by atoms with Gasteiger partial charge >= 0.3 is 12.3 Å². The molecule has 1 aromatic carbocycles. The standard InChI is InChI=1S/C10H10BrF3N2O4/c11-7-5-6(18-4-3-9(17)20-16-15)1-2-8(7)19-10(12,13)14/h1-2,5,16H,3-4,15H2. The molecule has 0 aliphatic carbocycles. The molecule has 0 unspecified atom stereocenters. The van der Waals surface area contributed by atoms with Gasteiger partial charge in [0.15, 0.2) is 0 Å². The lowest BCUT2D eigenvalue weighted by atomic mass is 10.3. The fraction of sp³-hybridized carbons (Fsp3) is 0.300. The van der Waals surface area contributed by atoms with E-state index in [1.807, 2.05) is 0 Å². The monoisotopic (exact) mass is 358 g/mol. The predicted octanol–water partition coefficient (Wildman–Crippen LogP) is 2.04. The molecule has 0 atom stereocenters. The first-order valence-electron chi connectivity index (χ1n) is 5.15. The average molecular weight is 359 g/mol. The van der Waals surface area contributed by atoms with Crippen LogP contribution in [0.1, 0.15) is 6.42 Å². The van der Waals surface area contributed by atoms with Crippen LogP contribution in [0.5, 0.6) is 11.5 Å². The molecule has 6 nitrogen and oxygen atoms in total. The van der Waals surface area contributed by atoms with Crippen LogP contribution in [0.25, 0.3) is 0 Å². The van der Waals surface area contributed by atoms with Crippen molar-refractivity contribution in [2.75, 3.05) is 6.61 Å². The number of nitrogens with two attached hydrogens (primary N) is 1. The van der Waals surface area contributed by atoms with E-state index in [0.29, 0.717) is 0 Å². The summed E-state index contributed by atoms with van der Waals surface area (Å²) in [6, 6.07) is 3.65. The first-order chi connectivity index (χ1) is 9.31. The van der Waals surface area contributed by atoms with Crippen LogP contribution in [-0.2, 0) is 9.63 Å². The van der Waals surface area contributed by atoms with Gasteiger partial charge in [-0.15, -0.1) is 13.2 Å². The van der Waals surface area contributed by atoms with Crippen molar-refractivity contribution >= 4 is 21.9 Å². The van der Waals surface area contributed by atoms with Gasteiger partial charge < -0.3 is 14.3 Å².